The smallest absolute Gasteiger partial charge is 0.0872 e. The van der Waals surface area contributed by atoms with E-state index in [0.717, 1.165) is 25.8 Å². The largest absolute Gasteiger partial charge is 0.309 e. The highest BCUT2D eigenvalue weighted by molar-refractivity contribution is 5.82. The number of nitrogens with zero attached hydrogens (tertiary/aromatic N) is 2. The number of allylic oxidation sites excluding steroid dienone is 1. The van der Waals surface area contributed by atoms with Crippen LogP contribution >= 0.6 is 0 Å². The molecular formula is C16H23N3. The Morgan fingerprint density at radius 3 is 2.95 bits per heavy atom. The van der Waals surface area contributed by atoms with Gasteiger partial charge >= 0.3 is 0 Å². The van der Waals surface area contributed by atoms with Crippen molar-refractivity contribution >= 4 is 10.9 Å². The van der Waals surface area contributed by atoms with Crippen molar-refractivity contribution in [3.8, 4) is 0 Å². The zero-order valence-corrected chi connectivity index (χ0v) is 11.9. The normalized spacial score (nSPS) is 12.7. The summed E-state index contributed by atoms with van der Waals surface area (Å²) in [6.45, 7) is 6.90. The first-order valence-electron chi connectivity index (χ1n) is 7.03. The average molecular weight is 257 g/mol. The molecule has 0 bridgehead atoms. The Labute approximate surface area is 115 Å². The summed E-state index contributed by atoms with van der Waals surface area (Å²) in [4.78, 5) is 0. The lowest BCUT2D eigenvalue weighted by molar-refractivity contribution is 0.486. The van der Waals surface area contributed by atoms with Gasteiger partial charge in [0.15, 0.2) is 0 Å². The number of hydrogen-bond acceptors (Lipinski definition) is 2. The molecule has 1 N–H and O–H groups in total. The maximum Gasteiger partial charge on any atom is 0.0872 e. The van der Waals surface area contributed by atoms with Crippen LogP contribution in [0.4, 0.5) is 0 Å². The number of fused-ring (bicyclic) bond motifs is 1. The van der Waals surface area contributed by atoms with E-state index in [2.05, 4.69) is 43.1 Å². The van der Waals surface area contributed by atoms with Crippen LogP contribution in [0.2, 0.25) is 0 Å². The average Bonchev–Trinajstić information content (AvgIpc) is 2.76. The van der Waals surface area contributed by atoms with Gasteiger partial charge in [0.1, 0.15) is 0 Å². The van der Waals surface area contributed by atoms with Crippen molar-refractivity contribution in [2.75, 3.05) is 6.54 Å². The van der Waals surface area contributed by atoms with Gasteiger partial charge in [-0.05, 0) is 31.9 Å². The third-order valence-corrected chi connectivity index (χ3v) is 3.47. The van der Waals surface area contributed by atoms with E-state index in [1.807, 2.05) is 17.8 Å². The van der Waals surface area contributed by atoms with Gasteiger partial charge in [0.05, 0.1) is 17.3 Å². The topological polar surface area (TPSA) is 29.9 Å². The second-order valence-electron chi connectivity index (χ2n) is 4.86. The number of para-hydroxylation sites is 1. The molecule has 19 heavy (non-hydrogen) atoms. The Bertz CT molecular complexity index is 542. The van der Waals surface area contributed by atoms with Crippen LogP contribution in [0.3, 0.4) is 0 Å². The van der Waals surface area contributed by atoms with Gasteiger partial charge in [-0.3, -0.25) is 4.68 Å². The van der Waals surface area contributed by atoms with E-state index >= 15 is 0 Å². The molecule has 0 saturated heterocycles. The Morgan fingerprint density at radius 2 is 2.21 bits per heavy atom. The van der Waals surface area contributed by atoms with Gasteiger partial charge in [0.25, 0.3) is 0 Å². The standard InChI is InChI=1S/C16H23N3/c1-4-6-7-11-14(17-5-2)16-13-10-8-9-12-15(13)19(3)18-16/h4,8-10,12,14,17H,1,5-7,11H2,2-3H3. The monoisotopic (exact) mass is 257 g/mol. The Balaban J connectivity index is 2.30. The third-order valence-electron chi connectivity index (χ3n) is 3.47. The summed E-state index contributed by atoms with van der Waals surface area (Å²) < 4.78 is 1.97. The van der Waals surface area contributed by atoms with Crippen LogP contribution in [0.5, 0.6) is 0 Å². The van der Waals surface area contributed by atoms with Gasteiger partial charge in [0.2, 0.25) is 0 Å². The van der Waals surface area contributed by atoms with Crippen molar-refractivity contribution in [1.82, 2.24) is 15.1 Å². The van der Waals surface area contributed by atoms with Crippen molar-refractivity contribution in [2.24, 2.45) is 7.05 Å². The lowest BCUT2D eigenvalue weighted by Crippen LogP contribution is -2.21. The molecule has 1 aromatic carbocycles. The number of hydrogen-bond donors (Lipinski definition) is 1. The Morgan fingerprint density at radius 1 is 1.42 bits per heavy atom. The molecule has 0 aliphatic carbocycles. The Kier molecular flexibility index (Phi) is 4.74. The fraction of sp³-hybridized carbons (Fsp3) is 0.438. The zero-order valence-electron chi connectivity index (χ0n) is 11.9. The molecule has 3 nitrogen and oxygen atoms in total. The molecule has 0 saturated carbocycles. The van der Waals surface area contributed by atoms with Gasteiger partial charge in [-0.2, -0.15) is 5.10 Å². The van der Waals surface area contributed by atoms with Gasteiger partial charge in [-0.1, -0.05) is 31.2 Å². The first-order chi connectivity index (χ1) is 9.27. The summed E-state index contributed by atoms with van der Waals surface area (Å²) >= 11 is 0. The molecule has 1 heterocycles. The van der Waals surface area contributed by atoms with E-state index in [0.29, 0.717) is 6.04 Å². The van der Waals surface area contributed by atoms with Crippen molar-refractivity contribution < 1.29 is 0 Å². The molecule has 1 unspecified atom stereocenters. The van der Waals surface area contributed by atoms with E-state index in [-0.39, 0.29) is 0 Å². The maximum absolute atomic E-state index is 4.72. The number of aromatic nitrogens is 2. The number of benzene rings is 1. The second-order valence-corrected chi connectivity index (χ2v) is 4.86. The van der Waals surface area contributed by atoms with Crippen LogP contribution in [0.25, 0.3) is 10.9 Å². The highest BCUT2D eigenvalue weighted by Gasteiger charge is 2.17. The fourth-order valence-electron chi connectivity index (χ4n) is 2.55. The van der Waals surface area contributed by atoms with Gasteiger partial charge in [-0.15, -0.1) is 6.58 Å². The number of aryl methyl sites for hydroxylation is 1. The molecule has 0 radical (unpaired) electrons. The van der Waals surface area contributed by atoms with Crippen LogP contribution in [0.15, 0.2) is 36.9 Å². The van der Waals surface area contributed by atoms with Crippen LogP contribution in [0.1, 0.15) is 37.9 Å². The molecule has 0 aliphatic heterocycles. The zero-order chi connectivity index (χ0) is 13.7. The summed E-state index contributed by atoms with van der Waals surface area (Å²) in [7, 11) is 2.01. The van der Waals surface area contributed by atoms with E-state index in [1.165, 1.54) is 16.6 Å². The minimum absolute atomic E-state index is 0.330. The van der Waals surface area contributed by atoms with Crippen LogP contribution < -0.4 is 5.32 Å². The minimum Gasteiger partial charge on any atom is -0.309 e. The molecule has 102 valence electrons. The van der Waals surface area contributed by atoms with E-state index < -0.39 is 0 Å². The molecule has 1 aromatic heterocycles. The first kappa shape index (κ1) is 13.8. The third kappa shape index (κ3) is 3.04. The molecule has 0 amide bonds. The number of nitrogens with one attached hydrogen (secondary N) is 1. The highest BCUT2D eigenvalue weighted by atomic mass is 15.3. The predicted octanol–water partition coefficient (Wildman–Crippen LogP) is 3.58. The van der Waals surface area contributed by atoms with Crippen LogP contribution in [-0.4, -0.2) is 16.3 Å². The summed E-state index contributed by atoms with van der Waals surface area (Å²) in [5.74, 6) is 0. The molecular weight excluding hydrogens is 234 g/mol. The van der Waals surface area contributed by atoms with E-state index in [9.17, 15) is 0 Å². The fourth-order valence-corrected chi connectivity index (χ4v) is 2.55. The van der Waals surface area contributed by atoms with E-state index in [1.54, 1.807) is 0 Å². The lowest BCUT2D eigenvalue weighted by Gasteiger charge is -2.15. The predicted molar refractivity (Wildman–Crippen MR) is 81.2 cm³/mol. The number of unbranched alkanes of at least 4 members (excludes halogenated alkanes) is 1. The molecule has 0 spiro atoms. The molecule has 2 rings (SSSR count). The Hall–Kier alpha value is -1.61. The van der Waals surface area contributed by atoms with Crippen molar-refractivity contribution in [3.63, 3.8) is 0 Å². The molecule has 1 atom stereocenters. The maximum atomic E-state index is 4.72. The molecule has 3 heteroatoms. The van der Waals surface area contributed by atoms with Crippen molar-refractivity contribution in [1.29, 1.82) is 0 Å². The molecule has 0 fully saturated rings. The minimum atomic E-state index is 0.330. The lowest BCUT2D eigenvalue weighted by atomic mass is 10.0. The summed E-state index contributed by atoms with van der Waals surface area (Å²) in [6.07, 6.45) is 5.29. The summed E-state index contributed by atoms with van der Waals surface area (Å²) in [5.41, 5.74) is 2.37. The SMILES string of the molecule is C=CCCCC(NCC)c1nn(C)c2ccccc12. The molecule has 0 aliphatic rings. The van der Waals surface area contributed by atoms with Crippen LogP contribution in [-0.2, 0) is 7.05 Å². The highest BCUT2D eigenvalue weighted by Crippen LogP contribution is 2.26. The number of rotatable bonds is 7. The second kappa shape index (κ2) is 6.53. The van der Waals surface area contributed by atoms with Crippen LogP contribution in [0, 0.1) is 0 Å². The van der Waals surface area contributed by atoms with Crippen molar-refractivity contribution in [2.45, 2.75) is 32.2 Å². The molecule has 2 aromatic rings. The summed E-state index contributed by atoms with van der Waals surface area (Å²) in [6, 6.07) is 8.76. The quantitative estimate of drug-likeness (QED) is 0.607. The first-order valence-corrected chi connectivity index (χ1v) is 7.03. The van der Waals surface area contributed by atoms with Gasteiger partial charge in [0, 0.05) is 12.4 Å². The van der Waals surface area contributed by atoms with Gasteiger partial charge in [-0.25, -0.2) is 0 Å². The van der Waals surface area contributed by atoms with E-state index in [4.69, 9.17) is 5.10 Å². The van der Waals surface area contributed by atoms with Gasteiger partial charge < -0.3 is 5.32 Å². The van der Waals surface area contributed by atoms with Crippen molar-refractivity contribution in [3.05, 3.63) is 42.6 Å². The summed E-state index contributed by atoms with van der Waals surface area (Å²) in [5, 5.41) is 9.53.